The van der Waals surface area contributed by atoms with Crippen molar-refractivity contribution >= 4 is 18.0 Å². The third kappa shape index (κ3) is 6.09. The van der Waals surface area contributed by atoms with Gasteiger partial charge < -0.3 is 20.5 Å². The molecule has 2 aromatic rings. The van der Waals surface area contributed by atoms with Gasteiger partial charge in [-0.25, -0.2) is 18.4 Å². The van der Waals surface area contributed by atoms with Crippen LogP contribution in [0.15, 0.2) is 48.5 Å². The highest BCUT2D eigenvalue weighted by Gasteiger charge is 2.31. The van der Waals surface area contributed by atoms with E-state index in [4.69, 9.17) is 4.74 Å². The molecule has 34 heavy (non-hydrogen) atoms. The van der Waals surface area contributed by atoms with Crippen molar-refractivity contribution in [3.63, 3.8) is 0 Å². The molecule has 0 bridgehead atoms. The van der Waals surface area contributed by atoms with Gasteiger partial charge in [0.1, 0.15) is 18.7 Å². The molecule has 0 saturated carbocycles. The van der Waals surface area contributed by atoms with Crippen molar-refractivity contribution in [2.24, 2.45) is 0 Å². The molecule has 2 aromatic carbocycles. The Bertz CT molecular complexity index is 984. The van der Waals surface area contributed by atoms with Crippen molar-refractivity contribution in [2.45, 2.75) is 57.0 Å². The quantitative estimate of drug-likeness (QED) is 0.450. The Balaban J connectivity index is 1.58. The lowest BCUT2D eigenvalue weighted by molar-refractivity contribution is -0.142. The topological polar surface area (TPSA) is 105 Å². The summed E-state index contributed by atoms with van der Waals surface area (Å²) < 4.78 is 32.2. The van der Waals surface area contributed by atoms with Crippen LogP contribution in [0.4, 0.5) is 13.6 Å². The SMILES string of the molecule is CCCC[C@H](NC(=O)CC(NC(=O)OCC1c2ccccc2-c2ccccc21)C(F)F)C(=O)O. The number of aliphatic carboxylic acids is 1. The second-order valence-corrected chi connectivity index (χ2v) is 8.22. The first kappa shape index (κ1) is 25.1. The fourth-order valence-electron chi connectivity index (χ4n) is 4.11. The maximum absolute atomic E-state index is 13.5. The van der Waals surface area contributed by atoms with Gasteiger partial charge in [-0.1, -0.05) is 68.3 Å². The third-order valence-electron chi connectivity index (χ3n) is 5.84. The van der Waals surface area contributed by atoms with Crippen molar-refractivity contribution in [1.82, 2.24) is 10.6 Å². The number of halogens is 2. The van der Waals surface area contributed by atoms with Crippen LogP contribution >= 0.6 is 0 Å². The molecule has 0 heterocycles. The largest absolute Gasteiger partial charge is 0.480 e. The van der Waals surface area contributed by atoms with Gasteiger partial charge in [0.15, 0.2) is 0 Å². The van der Waals surface area contributed by atoms with E-state index in [1.807, 2.05) is 60.8 Å². The minimum absolute atomic E-state index is 0.0554. The van der Waals surface area contributed by atoms with Gasteiger partial charge in [-0.15, -0.1) is 0 Å². The molecule has 0 saturated heterocycles. The number of carbonyl (C=O) groups excluding carboxylic acids is 2. The Labute approximate surface area is 196 Å². The van der Waals surface area contributed by atoms with Crippen molar-refractivity contribution in [3.8, 4) is 11.1 Å². The first-order valence-corrected chi connectivity index (χ1v) is 11.2. The number of carbonyl (C=O) groups is 3. The maximum atomic E-state index is 13.5. The highest BCUT2D eigenvalue weighted by atomic mass is 19.3. The van der Waals surface area contributed by atoms with E-state index in [0.29, 0.717) is 6.42 Å². The molecule has 0 fully saturated rings. The molecule has 1 aliphatic rings. The molecule has 0 radical (unpaired) electrons. The number of nitrogens with one attached hydrogen (secondary N) is 2. The molecule has 0 aromatic heterocycles. The lowest BCUT2D eigenvalue weighted by Gasteiger charge is -2.20. The molecule has 9 heteroatoms. The second-order valence-electron chi connectivity index (χ2n) is 8.22. The number of benzene rings is 2. The normalized spacial score (nSPS) is 14.1. The van der Waals surface area contributed by atoms with E-state index in [2.05, 4.69) is 5.32 Å². The average Bonchev–Trinajstić information content (AvgIpc) is 3.13. The van der Waals surface area contributed by atoms with Crippen LogP contribution in [0.25, 0.3) is 11.1 Å². The van der Waals surface area contributed by atoms with E-state index >= 15 is 0 Å². The number of alkyl halides is 2. The number of ether oxygens (including phenoxy) is 1. The minimum atomic E-state index is -3.04. The smallest absolute Gasteiger partial charge is 0.407 e. The molecular weight excluding hydrogens is 446 g/mol. The summed E-state index contributed by atoms with van der Waals surface area (Å²) in [6, 6.07) is 12.5. The fourth-order valence-corrected chi connectivity index (χ4v) is 4.11. The van der Waals surface area contributed by atoms with Gasteiger partial charge in [-0.05, 0) is 28.7 Å². The summed E-state index contributed by atoms with van der Waals surface area (Å²) in [5.74, 6) is -2.35. The van der Waals surface area contributed by atoms with E-state index in [-0.39, 0.29) is 18.9 Å². The van der Waals surface area contributed by atoms with Crippen LogP contribution in [0.2, 0.25) is 0 Å². The number of hydrogen-bond donors (Lipinski definition) is 3. The van der Waals surface area contributed by atoms with Crippen molar-refractivity contribution in [3.05, 3.63) is 59.7 Å². The summed E-state index contributed by atoms with van der Waals surface area (Å²) in [6.45, 7) is 1.81. The molecule has 3 N–H and O–H groups in total. The number of fused-ring (bicyclic) bond motifs is 3. The molecule has 0 aliphatic heterocycles. The Hall–Kier alpha value is -3.49. The van der Waals surface area contributed by atoms with E-state index in [0.717, 1.165) is 28.7 Å². The van der Waals surface area contributed by atoms with Crippen LogP contribution in [-0.2, 0) is 14.3 Å². The van der Waals surface area contributed by atoms with Gasteiger partial charge >= 0.3 is 12.1 Å². The first-order chi connectivity index (χ1) is 16.3. The van der Waals surface area contributed by atoms with Crippen molar-refractivity contribution < 1.29 is 33.0 Å². The van der Waals surface area contributed by atoms with Crippen LogP contribution in [0, 0.1) is 0 Å². The van der Waals surface area contributed by atoms with E-state index in [9.17, 15) is 28.3 Å². The van der Waals surface area contributed by atoms with Crippen molar-refractivity contribution in [2.75, 3.05) is 6.61 Å². The Morgan fingerprint density at radius 2 is 1.59 bits per heavy atom. The molecule has 1 aliphatic carbocycles. The van der Waals surface area contributed by atoms with Gasteiger partial charge in [-0.3, -0.25) is 4.79 Å². The zero-order valence-electron chi connectivity index (χ0n) is 18.8. The van der Waals surface area contributed by atoms with E-state index in [1.165, 1.54) is 0 Å². The Morgan fingerprint density at radius 3 is 2.12 bits per heavy atom. The lowest BCUT2D eigenvalue weighted by atomic mass is 9.98. The predicted octanol–water partition coefficient (Wildman–Crippen LogP) is 4.31. The molecule has 0 spiro atoms. The van der Waals surface area contributed by atoms with E-state index < -0.39 is 42.9 Å². The average molecular weight is 475 g/mol. The summed E-state index contributed by atoms with van der Waals surface area (Å²) in [4.78, 5) is 35.7. The van der Waals surface area contributed by atoms with Crippen LogP contribution in [0.5, 0.6) is 0 Å². The molecule has 2 amide bonds. The Kier molecular flexibility index (Phi) is 8.56. The van der Waals surface area contributed by atoms with Gasteiger partial charge in [0.05, 0.1) is 6.42 Å². The molecule has 182 valence electrons. The summed E-state index contributed by atoms with van der Waals surface area (Å²) in [6.07, 6.45) is -3.39. The second kappa shape index (κ2) is 11.6. The zero-order chi connectivity index (χ0) is 24.7. The van der Waals surface area contributed by atoms with Crippen LogP contribution < -0.4 is 10.6 Å². The molecule has 2 atom stereocenters. The minimum Gasteiger partial charge on any atom is -0.480 e. The molecule has 1 unspecified atom stereocenters. The lowest BCUT2D eigenvalue weighted by Crippen LogP contribution is -2.47. The highest BCUT2D eigenvalue weighted by Crippen LogP contribution is 2.44. The monoisotopic (exact) mass is 474 g/mol. The molecular formula is C25H28F2N2O5. The Morgan fingerprint density at radius 1 is 1.00 bits per heavy atom. The maximum Gasteiger partial charge on any atom is 0.407 e. The van der Waals surface area contributed by atoms with Crippen LogP contribution in [-0.4, -0.2) is 48.2 Å². The highest BCUT2D eigenvalue weighted by molar-refractivity contribution is 5.84. The number of alkyl carbamates (subject to hydrolysis) is 1. The predicted molar refractivity (Wildman–Crippen MR) is 122 cm³/mol. The number of hydrogen-bond acceptors (Lipinski definition) is 4. The van der Waals surface area contributed by atoms with E-state index in [1.54, 1.807) is 0 Å². The van der Waals surface area contributed by atoms with Crippen LogP contribution in [0.1, 0.15) is 49.7 Å². The third-order valence-corrected chi connectivity index (χ3v) is 5.84. The van der Waals surface area contributed by atoms with Gasteiger partial charge in [0.25, 0.3) is 6.43 Å². The standard InChI is InChI=1S/C25H28F2N2O5/c1-2-3-12-20(24(31)32)28-22(30)13-21(23(26)27)29-25(33)34-14-19-17-10-6-4-8-15(17)16-9-5-7-11-18(16)19/h4-11,19-21,23H,2-3,12-14H2,1H3,(H,28,30)(H,29,33)(H,31,32)/t20-,21?/m0/s1. The number of amides is 2. The number of carboxylic acid groups (broad SMARTS) is 1. The van der Waals surface area contributed by atoms with Gasteiger partial charge in [-0.2, -0.15) is 0 Å². The fraction of sp³-hybridized carbons (Fsp3) is 0.400. The first-order valence-electron chi connectivity index (χ1n) is 11.2. The van der Waals surface area contributed by atoms with Gasteiger partial charge in [0.2, 0.25) is 5.91 Å². The zero-order valence-corrected chi connectivity index (χ0v) is 18.8. The number of rotatable bonds is 11. The summed E-state index contributed by atoms with van der Waals surface area (Å²) in [5.41, 5.74) is 4.02. The van der Waals surface area contributed by atoms with Gasteiger partial charge in [0, 0.05) is 5.92 Å². The van der Waals surface area contributed by atoms with Crippen LogP contribution in [0.3, 0.4) is 0 Å². The summed E-state index contributed by atoms with van der Waals surface area (Å²) in [7, 11) is 0. The molecule has 3 rings (SSSR count). The molecule has 7 nitrogen and oxygen atoms in total. The number of carboxylic acids is 1. The number of unbranched alkanes of at least 4 members (excludes halogenated alkanes) is 1. The summed E-state index contributed by atoms with van der Waals surface area (Å²) >= 11 is 0. The van der Waals surface area contributed by atoms with Crippen molar-refractivity contribution in [1.29, 1.82) is 0 Å². The summed E-state index contributed by atoms with van der Waals surface area (Å²) in [5, 5.41) is 13.5.